The summed E-state index contributed by atoms with van der Waals surface area (Å²) >= 11 is 5.48. The molecule has 0 bridgehead atoms. The highest BCUT2D eigenvalue weighted by Crippen LogP contribution is 2.36. The minimum absolute atomic E-state index is 0.426. The fourth-order valence-corrected chi connectivity index (χ4v) is 3.97. The number of nitrogens with zero attached hydrogens (tertiary/aromatic N) is 1. The van der Waals surface area contributed by atoms with E-state index in [-0.39, 0.29) is 0 Å². The monoisotopic (exact) mass is 365 g/mol. The predicted molar refractivity (Wildman–Crippen MR) is 69.7 cm³/mol. The zero-order valence-corrected chi connectivity index (χ0v) is 13.3. The molecule has 0 fully saturated rings. The van der Waals surface area contributed by atoms with Gasteiger partial charge >= 0.3 is 6.18 Å². The van der Waals surface area contributed by atoms with Gasteiger partial charge in [-0.3, -0.25) is 0 Å². The SMILES string of the molecule is CCS(=O)(=O)c1cc(S(=O)(=O)CC)c(C(F)(F)F)nc1Cl. The van der Waals surface area contributed by atoms with Crippen LogP contribution in [0.5, 0.6) is 0 Å². The fraction of sp³-hybridized carbons (Fsp3) is 0.500. The topological polar surface area (TPSA) is 81.2 Å². The molecule has 0 aliphatic carbocycles. The number of sulfone groups is 2. The van der Waals surface area contributed by atoms with Crippen LogP contribution in [0.25, 0.3) is 0 Å². The summed E-state index contributed by atoms with van der Waals surface area (Å²) in [6.07, 6.45) is -5.07. The van der Waals surface area contributed by atoms with Crippen LogP contribution in [0.3, 0.4) is 0 Å². The normalized spacial score (nSPS) is 13.4. The highest BCUT2D eigenvalue weighted by molar-refractivity contribution is 7.92. The standard InChI is InChI=1S/C10H11ClF3NO4S2/c1-3-20(16,17)6-5-7(21(18,19)4-2)9(11)15-8(6)10(12,13)14/h5H,3-4H2,1-2H3. The lowest BCUT2D eigenvalue weighted by Gasteiger charge is -2.14. The molecule has 0 N–H and O–H groups in total. The van der Waals surface area contributed by atoms with Gasteiger partial charge in [-0.15, -0.1) is 0 Å². The first-order valence-electron chi connectivity index (χ1n) is 5.60. The van der Waals surface area contributed by atoms with Crippen LogP contribution in [-0.2, 0) is 25.9 Å². The van der Waals surface area contributed by atoms with E-state index in [1.807, 2.05) is 0 Å². The summed E-state index contributed by atoms with van der Waals surface area (Å²) in [7, 11) is -8.33. The first kappa shape index (κ1) is 18.2. The molecule has 0 atom stereocenters. The molecule has 0 aliphatic heterocycles. The molecule has 1 rings (SSSR count). The largest absolute Gasteiger partial charge is 0.434 e. The first-order valence-corrected chi connectivity index (χ1v) is 9.28. The van der Waals surface area contributed by atoms with Crippen LogP contribution in [-0.4, -0.2) is 33.3 Å². The zero-order valence-electron chi connectivity index (χ0n) is 10.9. The van der Waals surface area contributed by atoms with Crippen LogP contribution in [0.15, 0.2) is 15.9 Å². The number of alkyl halides is 3. The highest BCUT2D eigenvalue weighted by Gasteiger charge is 2.40. The lowest BCUT2D eigenvalue weighted by atomic mass is 10.3. The Labute approximate surface area is 125 Å². The average Bonchev–Trinajstić information content (AvgIpc) is 2.36. The predicted octanol–water partition coefficient (Wildman–Crippen LogP) is 2.34. The van der Waals surface area contributed by atoms with Gasteiger partial charge in [-0.25, -0.2) is 21.8 Å². The third-order valence-electron chi connectivity index (χ3n) is 2.61. The van der Waals surface area contributed by atoms with Crippen molar-refractivity contribution in [1.82, 2.24) is 4.98 Å². The molecule has 0 saturated carbocycles. The van der Waals surface area contributed by atoms with E-state index in [2.05, 4.69) is 4.98 Å². The maximum Gasteiger partial charge on any atom is 0.434 e. The quantitative estimate of drug-likeness (QED) is 0.765. The summed E-state index contributed by atoms with van der Waals surface area (Å²) in [6.45, 7) is 2.38. The fourth-order valence-electron chi connectivity index (χ4n) is 1.42. The van der Waals surface area contributed by atoms with Gasteiger partial charge in [0.2, 0.25) is 0 Å². The van der Waals surface area contributed by atoms with E-state index in [0.29, 0.717) is 6.07 Å². The van der Waals surface area contributed by atoms with Gasteiger partial charge in [0.05, 0.1) is 16.4 Å². The van der Waals surface area contributed by atoms with E-state index in [1.165, 1.54) is 6.92 Å². The van der Waals surface area contributed by atoms with E-state index in [0.717, 1.165) is 6.92 Å². The molecular formula is C10H11ClF3NO4S2. The third kappa shape index (κ3) is 3.67. The van der Waals surface area contributed by atoms with Crippen LogP contribution in [0.2, 0.25) is 5.15 Å². The number of aromatic nitrogens is 1. The van der Waals surface area contributed by atoms with E-state index in [4.69, 9.17) is 11.6 Å². The summed E-state index contributed by atoms with van der Waals surface area (Å²) in [5.74, 6) is -1.09. The van der Waals surface area contributed by atoms with Crippen LogP contribution in [0.1, 0.15) is 19.5 Å². The van der Waals surface area contributed by atoms with Crippen molar-refractivity contribution in [3.8, 4) is 0 Å². The van der Waals surface area contributed by atoms with Gasteiger partial charge in [0, 0.05) is 0 Å². The summed E-state index contributed by atoms with van der Waals surface area (Å²) in [5, 5.41) is -0.903. The van der Waals surface area contributed by atoms with Crippen molar-refractivity contribution in [3.63, 3.8) is 0 Å². The number of hydrogen-bond donors (Lipinski definition) is 0. The van der Waals surface area contributed by atoms with Gasteiger partial charge in [0.15, 0.2) is 25.4 Å². The second-order valence-electron chi connectivity index (χ2n) is 3.93. The maximum atomic E-state index is 12.9. The number of halogens is 4. The van der Waals surface area contributed by atoms with Gasteiger partial charge in [0.25, 0.3) is 0 Å². The second-order valence-corrected chi connectivity index (χ2v) is 8.78. The van der Waals surface area contributed by atoms with Gasteiger partial charge in [-0.1, -0.05) is 25.4 Å². The lowest BCUT2D eigenvalue weighted by Crippen LogP contribution is -2.19. The molecule has 0 aromatic carbocycles. The molecule has 0 amide bonds. The van der Waals surface area contributed by atoms with Crippen LogP contribution in [0, 0.1) is 0 Å². The smallest absolute Gasteiger partial charge is 0.229 e. The van der Waals surface area contributed by atoms with Crippen molar-refractivity contribution < 1.29 is 30.0 Å². The van der Waals surface area contributed by atoms with Gasteiger partial charge in [0.1, 0.15) is 10.0 Å². The van der Waals surface area contributed by atoms with Crippen molar-refractivity contribution in [1.29, 1.82) is 0 Å². The Bertz CT molecular complexity index is 757. The minimum Gasteiger partial charge on any atom is -0.229 e. The molecule has 1 aromatic rings. The number of hydrogen-bond acceptors (Lipinski definition) is 5. The minimum atomic E-state index is -5.07. The lowest BCUT2D eigenvalue weighted by molar-refractivity contribution is -0.143. The Morgan fingerprint density at radius 3 is 1.86 bits per heavy atom. The summed E-state index contributed by atoms with van der Waals surface area (Å²) < 4.78 is 85.6. The van der Waals surface area contributed by atoms with E-state index in [9.17, 15) is 30.0 Å². The molecule has 0 unspecified atom stereocenters. The van der Waals surface area contributed by atoms with E-state index in [1.54, 1.807) is 0 Å². The molecule has 0 aliphatic rings. The van der Waals surface area contributed by atoms with E-state index < -0.39 is 58.0 Å². The molecule has 5 nitrogen and oxygen atoms in total. The Morgan fingerprint density at radius 2 is 1.48 bits per heavy atom. The van der Waals surface area contributed by atoms with Gasteiger partial charge in [-0.05, 0) is 6.07 Å². The van der Waals surface area contributed by atoms with Crippen LogP contribution in [0.4, 0.5) is 13.2 Å². The Kier molecular flexibility index (Phi) is 4.96. The molecular weight excluding hydrogens is 355 g/mol. The molecule has 0 radical (unpaired) electrons. The van der Waals surface area contributed by atoms with Crippen molar-refractivity contribution in [2.24, 2.45) is 0 Å². The van der Waals surface area contributed by atoms with Crippen LogP contribution >= 0.6 is 11.6 Å². The van der Waals surface area contributed by atoms with Crippen LogP contribution < -0.4 is 0 Å². The Balaban J connectivity index is 3.87. The third-order valence-corrected chi connectivity index (χ3v) is 6.49. The van der Waals surface area contributed by atoms with E-state index >= 15 is 0 Å². The second kappa shape index (κ2) is 5.73. The van der Waals surface area contributed by atoms with Gasteiger partial charge in [-0.2, -0.15) is 13.2 Å². The molecule has 1 heterocycles. The summed E-state index contributed by atoms with van der Waals surface area (Å²) in [4.78, 5) is 1.04. The number of pyridine rings is 1. The zero-order chi connectivity index (χ0) is 16.6. The molecule has 120 valence electrons. The molecule has 0 saturated heterocycles. The summed E-state index contributed by atoms with van der Waals surface area (Å²) in [6, 6.07) is 0.426. The molecule has 21 heavy (non-hydrogen) atoms. The van der Waals surface area contributed by atoms with Gasteiger partial charge < -0.3 is 0 Å². The average molecular weight is 366 g/mol. The van der Waals surface area contributed by atoms with Crippen molar-refractivity contribution in [2.75, 3.05) is 11.5 Å². The first-order chi connectivity index (χ1) is 9.36. The van der Waals surface area contributed by atoms with Crippen molar-refractivity contribution in [3.05, 3.63) is 16.9 Å². The maximum absolute atomic E-state index is 12.9. The number of rotatable bonds is 4. The molecule has 1 aromatic heterocycles. The Hall–Kier alpha value is -0.870. The molecule has 11 heteroatoms. The van der Waals surface area contributed by atoms with Crippen molar-refractivity contribution >= 4 is 31.3 Å². The highest BCUT2D eigenvalue weighted by atomic mass is 35.5. The van der Waals surface area contributed by atoms with Crippen molar-refractivity contribution in [2.45, 2.75) is 29.8 Å². The summed E-state index contributed by atoms with van der Waals surface area (Å²) in [5.41, 5.74) is -1.72. The molecule has 0 spiro atoms. The Morgan fingerprint density at radius 1 is 1.05 bits per heavy atom.